The van der Waals surface area contributed by atoms with Gasteiger partial charge in [0.1, 0.15) is 11.2 Å². The molecule has 0 bridgehead atoms. The Bertz CT molecular complexity index is 3560. The van der Waals surface area contributed by atoms with E-state index in [0.717, 1.165) is 33.6 Å². The maximum atomic E-state index is 6.21. The lowest BCUT2D eigenvalue weighted by Crippen LogP contribution is -2.10. The molecule has 2 nitrogen and oxygen atoms in total. The summed E-state index contributed by atoms with van der Waals surface area (Å²) in [6.45, 7) is 0. The number of furan rings is 1. The predicted octanol–water partition coefficient (Wildman–Crippen LogP) is 17.2. The van der Waals surface area contributed by atoms with Crippen LogP contribution >= 0.6 is 11.3 Å². The quantitative estimate of drug-likeness (QED) is 0.160. The van der Waals surface area contributed by atoms with E-state index in [2.05, 4.69) is 217 Å². The molecule has 61 heavy (non-hydrogen) atoms. The van der Waals surface area contributed by atoms with E-state index < -0.39 is 0 Å². The second kappa shape index (κ2) is 14.5. The third-order valence-corrected chi connectivity index (χ3v) is 13.3. The zero-order valence-corrected chi connectivity index (χ0v) is 33.9. The van der Waals surface area contributed by atoms with Gasteiger partial charge in [-0.15, -0.1) is 11.3 Å². The van der Waals surface area contributed by atoms with Crippen LogP contribution in [-0.4, -0.2) is 0 Å². The molecule has 286 valence electrons. The van der Waals surface area contributed by atoms with Gasteiger partial charge in [-0.25, -0.2) is 0 Å². The molecule has 0 N–H and O–H groups in total. The molecule has 0 aliphatic heterocycles. The molecule has 0 saturated heterocycles. The van der Waals surface area contributed by atoms with Crippen molar-refractivity contribution >= 4 is 81.3 Å². The highest BCUT2D eigenvalue weighted by Gasteiger charge is 2.17. The fourth-order valence-corrected chi connectivity index (χ4v) is 10.3. The van der Waals surface area contributed by atoms with Gasteiger partial charge in [0.25, 0.3) is 0 Å². The van der Waals surface area contributed by atoms with Crippen LogP contribution in [0.15, 0.2) is 229 Å². The van der Waals surface area contributed by atoms with Crippen molar-refractivity contribution < 1.29 is 4.42 Å². The molecule has 12 aromatic rings. The van der Waals surface area contributed by atoms with Crippen molar-refractivity contribution in [2.24, 2.45) is 0 Å². The van der Waals surface area contributed by atoms with Crippen LogP contribution in [0.4, 0.5) is 17.1 Å². The molecule has 0 saturated carbocycles. The van der Waals surface area contributed by atoms with Crippen molar-refractivity contribution in [2.75, 3.05) is 4.90 Å². The van der Waals surface area contributed by atoms with Gasteiger partial charge in [0.2, 0.25) is 0 Å². The summed E-state index contributed by atoms with van der Waals surface area (Å²) in [6.07, 6.45) is 0. The highest BCUT2D eigenvalue weighted by Crippen LogP contribution is 2.43. The van der Waals surface area contributed by atoms with Crippen LogP contribution in [0.5, 0.6) is 0 Å². The fourth-order valence-electron chi connectivity index (χ4n) is 9.05. The molecule has 0 amide bonds. The zero-order valence-electron chi connectivity index (χ0n) is 33.1. The first-order chi connectivity index (χ1) is 30.2. The lowest BCUT2D eigenvalue weighted by Gasteiger charge is -2.26. The Hall–Kier alpha value is -7.72. The number of hydrogen-bond acceptors (Lipinski definition) is 3. The molecule has 10 aromatic carbocycles. The van der Waals surface area contributed by atoms with E-state index in [-0.39, 0.29) is 0 Å². The van der Waals surface area contributed by atoms with E-state index in [1.165, 1.54) is 80.8 Å². The normalized spacial score (nSPS) is 11.6. The van der Waals surface area contributed by atoms with Crippen molar-refractivity contribution in [3.8, 4) is 44.5 Å². The van der Waals surface area contributed by atoms with Crippen molar-refractivity contribution in [3.63, 3.8) is 0 Å². The highest BCUT2D eigenvalue weighted by atomic mass is 32.1. The number of fused-ring (bicyclic) bond motifs is 8. The van der Waals surface area contributed by atoms with E-state index in [1.54, 1.807) is 0 Å². The molecule has 2 aromatic heterocycles. The third-order valence-electron chi connectivity index (χ3n) is 12.1. The van der Waals surface area contributed by atoms with Crippen molar-refractivity contribution in [3.05, 3.63) is 224 Å². The van der Waals surface area contributed by atoms with Gasteiger partial charge >= 0.3 is 0 Å². The lowest BCUT2D eigenvalue weighted by atomic mass is 9.96. The van der Waals surface area contributed by atoms with E-state index in [9.17, 15) is 0 Å². The second-order valence-corrected chi connectivity index (χ2v) is 16.7. The number of anilines is 3. The fraction of sp³-hybridized carbons (Fsp3) is 0. The lowest BCUT2D eigenvalue weighted by molar-refractivity contribution is 0.669. The first-order valence-corrected chi connectivity index (χ1v) is 21.5. The number of thiophene rings is 1. The number of rotatable bonds is 7. The Labute approximate surface area is 357 Å². The van der Waals surface area contributed by atoms with Gasteiger partial charge in [0, 0.05) is 48.0 Å². The minimum atomic E-state index is 0.921. The first-order valence-electron chi connectivity index (χ1n) is 20.7. The van der Waals surface area contributed by atoms with E-state index in [0.29, 0.717) is 0 Å². The van der Waals surface area contributed by atoms with Gasteiger partial charge in [-0.3, -0.25) is 0 Å². The average molecular weight is 796 g/mol. The summed E-state index contributed by atoms with van der Waals surface area (Å²) < 4.78 is 8.84. The largest absolute Gasteiger partial charge is 0.456 e. The summed E-state index contributed by atoms with van der Waals surface area (Å²) in [6, 6.07) is 81.2. The average Bonchev–Trinajstić information content (AvgIpc) is 3.92. The molecule has 0 fully saturated rings. The molecule has 0 unspecified atom stereocenters. The minimum absolute atomic E-state index is 0.921. The molecular weight excluding hydrogens is 759 g/mol. The molecule has 2 heterocycles. The summed E-state index contributed by atoms with van der Waals surface area (Å²) >= 11 is 1.87. The predicted molar refractivity (Wildman–Crippen MR) is 261 cm³/mol. The molecule has 0 aliphatic carbocycles. The summed E-state index contributed by atoms with van der Waals surface area (Å²) in [7, 11) is 0. The minimum Gasteiger partial charge on any atom is -0.456 e. The van der Waals surface area contributed by atoms with Crippen LogP contribution in [0, 0.1) is 0 Å². The summed E-state index contributed by atoms with van der Waals surface area (Å²) in [5.74, 6) is 0. The van der Waals surface area contributed by atoms with Gasteiger partial charge in [0.05, 0.1) is 0 Å². The number of para-hydroxylation sites is 1. The SMILES string of the molecule is c1ccc(-c2ccc(N(c3ccc(-c4ccc(-c5ccc6ccc7oc8ccccc8c7c6c5)cc4)cc3)c3cccc(-c4cccc5c4sc4ccccc45)c3)cc2)cc1. The Morgan fingerprint density at radius 1 is 0.328 bits per heavy atom. The van der Waals surface area contributed by atoms with Crippen LogP contribution in [0.3, 0.4) is 0 Å². The standard InChI is InChI=1S/C58H37NOS/c1-2-10-38(11-3-1)40-26-31-46(32-27-40)59(48-13-8-12-45(36-48)49-16-9-17-51-50-14-5-7-19-56(50)61-58(49)51)47-33-28-41(29-34-47)39-20-22-42(23-21-39)44-25-24-43-30-35-55-57(53(43)37-44)52-15-4-6-18-54(52)60-55/h1-37H. The van der Waals surface area contributed by atoms with Crippen LogP contribution in [0.2, 0.25) is 0 Å². The van der Waals surface area contributed by atoms with Gasteiger partial charge in [-0.05, 0) is 116 Å². The number of hydrogen-bond donors (Lipinski definition) is 0. The molecule has 12 rings (SSSR count). The van der Waals surface area contributed by atoms with E-state index in [1.807, 2.05) is 23.5 Å². The van der Waals surface area contributed by atoms with Crippen LogP contribution < -0.4 is 4.90 Å². The third kappa shape index (κ3) is 6.18. The maximum Gasteiger partial charge on any atom is 0.136 e. The van der Waals surface area contributed by atoms with Crippen LogP contribution in [0.25, 0.3) is 97.4 Å². The Morgan fingerprint density at radius 3 is 1.64 bits per heavy atom. The monoisotopic (exact) mass is 795 g/mol. The number of benzene rings is 10. The summed E-state index contributed by atoms with van der Waals surface area (Å²) in [5, 5.41) is 7.37. The van der Waals surface area contributed by atoms with Gasteiger partial charge in [-0.2, -0.15) is 0 Å². The zero-order chi connectivity index (χ0) is 40.3. The van der Waals surface area contributed by atoms with Gasteiger partial charge in [-0.1, -0.05) is 164 Å². The van der Waals surface area contributed by atoms with E-state index in [4.69, 9.17) is 4.42 Å². The van der Waals surface area contributed by atoms with Crippen LogP contribution in [-0.2, 0) is 0 Å². The van der Waals surface area contributed by atoms with Gasteiger partial charge in [0.15, 0.2) is 0 Å². The smallest absolute Gasteiger partial charge is 0.136 e. The molecule has 0 spiro atoms. The molecule has 3 heteroatoms. The molecule has 0 aliphatic rings. The summed E-state index contributed by atoms with van der Waals surface area (Å²) in [5.41, 5.74) is 14.7. The van der Waals surface area contributed by atoms with Crippen LogP contribution in [0.1, 0.15) is 0 Å². The van der Waals surface area contributed by atoms with E-state index >= 15 is 0 Å². The molecule has 0 radical (unpaired) electrons. The Morgan fingerprint density at radius 2 is 0.885 bits per heavy atom. The first kappa shape index (κ1) is 35.2. The maximum absolute atomic E-state index is 6.21. The summed E-state index contributed by atoms with van der Waals surface area (Å²) in [4.78, 5) is 2.37. The van der Waals surface area contributed by atoms with Crippen molar-refractivity contribution in [2.45, 2.75) is 0 Å². The van der Waals surface area contributed by atoms with Crippen molar-refractivity contribution in [1.82, 2.24) is 0 Å². The second-order valence-electron chi connectivity index (χ2n) is 15.7. The topological polar surface area (TPSA) is 16.4 Å². The Balaban J connectivity index is 0.899. The Kier molecular flexibility index (Phi) is 8.39. The highest BCUT2D eigenvalue weighted by molar-refractivity contribution is 7.26. The number of nitrogens with zero attached hydrogens (tertiary/aromatic N) is 1. The molecule has 0 atom stereocenters. The van der Waals surface area contributed by atoms with Gasteiger partial charge < -0.3 is 9.32 Å². The van der Waals surface area contributed by atoms with Crippen molar-refractivity contribution in [1.29, 1.82) is 0 Å². The molecular formula is C58H37NOS.